The first-order chi connectivity index (χ1) is 7.49. The number of aryl methyl sites for hydroxylation is 2. The van der Waals surface area contributed by atoms with Gasteiger partial charge in [-0.3, -0.25) is 9.78 Å². The number of hydrogen-bond donors (Lipinski definition) is 2. The number of carbonyl (C=O) groups excluding carboxylic acids is 1. The highest BCUT2D eigenvalue weighted by atomic mass is 16.1. The average molecular weight is 221 g/mol. The molecule has 0 radical (unpaired) electrons. The minimum atomic E-state index is -0.00828. The third kappa shape index (κ3) is 3.98. The Morgan fingerprint density at radius 3 is 2.75 bits per heavy atom. The second kappa shape index (κ2) is 5.61. The van der Waals surface area contributed by atoms with Gasteiger partial charge in [-0.05, 0) is 39.3 Å². The fourth-order valence-corrected chi connectivity index (χ4v) is 1.39. The molecule has 1 amide bonds. The van der Waals surface area contributed by atoms with Crippen molar-refractivity contribution in [3.05, 3.63) is 23.5 Å². The molecule has 88 valence electrons. The fraction of sp³-hybridized carbons (Fsp3) is 0.500. The molecule has 0 spiro atoms. The van der Waals surface area contributed by atoms with Crippen molar-refractivity contribution in [3.8, 4) is 0 Å². The third-order valence-electron chi connectivity index (χ3n) is 2.33. The van der Waals surface area contributed by atoms with Crippen molar-refractivity contribution in [1.29, 1.82) is 0 Å². The molecule has 0 bridgehead atoms. The van der Waals surface area contributed by atoms with Gasteiger partial charge in [0.05, 0.1) is 11.4 Å². The first-order valence-electron chi connectivity index (χ1n) is 5.48. The van der Waals surface area contributed by atoms with Crippen LogP contribution in [-0.4, -0.2) is 16.9 Å². The van der Waals surface area contributed by atoms with Crippen molar-refractivity contribution in [2.24, 2.45) is 5.73 Å². The molecule has 0 aliphatic rings. The van der Waals surface area contributed by atoms with E-state index in [9.17, 15) is 4.79 Å². The molecule has 1 unspecified atom stereocenters. The molecule has 1 atom stereocenters. The largest absolute Gasteiger partial charge is 0.328 e. The normalized spacial score (nSPS) is 12.2. The van der Waals surface area contributed by atoms with Gasteiger partial charge in [0.1, 0.15) is 0 Å². The van der Waals surface area contributed by atoms with E-state index in [1.807, 2.05) is 32.9 Å². The quantitative estimate of drug-likeness (QED) is 0.814. The SMILES string of the molecule is Cc1ccc(NC(=O)CCC(C)N)c(C)n1. The molecule has 0 aliphatic heterocycles. The van der Waals surface area contributed by atoms with Crippen LogP contribution < -0.4 is 11.1 Å². The molecule has 1 rings (SSSR count). The van der Waals surface area contributed by atoms with E-state index in [2.05, 4.69) is 10.3 Å². The van der Waals surface area contributed by atoms with Crippen LogP contribution in [0.5, 0.6) is 0 Å². The lowest BCUT2D eigenvalue weighted by Gasteiger charge is -2.09. The number of hydrogen-bond acceptors (Lipinski definition) is 3. The number of carbonyl (C=O) groups is 1. The summed E-state index contributed by atoms with van der Waals surface area (Å²) >= 11 is 0. The van der Waals surface area contributed by atoms with Crippen LogP contribution >= 0.6 is 0 Å². The minimum absolute atomic E-state index is 0.00828. The van der Waals surface area contributed by atoms with E-state index < -0.39 is 0 Å². The maximum Gasteiger partial charge on any atom is 0.224 e. The maximum absolute atomic E-state index is 11.6. The molecule has 1 heterocycles. The van der Waals surface area contributed by atoms with Gasteiger partial charge < -0.3 is 11.1 Å². The molecule has 0 saturated heterocycles. The molecule has 3 N–H and O–H groups in total. The molecular formula is C12H19N3O. The molecule has 4 nitrogen and oxygen atoms in total. The summed E-state index contributed by atoms with van der Waals surface area (Å²) in [6.45, 7) is 5.70. The molecule has 0 aromatic carbocycles. The van der Waals surface area contributed by atoms with E-state index in [4.69, 9.17) is 5.73 Å². The second-order valence-corrected chi connectivity index (χ2v) is 4.15. The number of nitrogens with one attached hydrogen (secondary N) is 1. The van der Waals surface area contributed by atoms with E-state index >= 15 is 0 Å². The Labute approximate surface area is 96.3 Å². The summed E-state index contributed by atoms with van der Waals surface area (Å²) in [5.74, 6) is -0.00828. The highest BCUT2D eigenvalue weighted by Gasteiger charge is 2.06. The molecule has 1 aromatic rings. The number of aromatic nitrogens is 1. The molecule has 4 heteroatoms. The van der Waals surface area contributed by atoms with Crippen LogP contribution in [-0.2, 0) is 4.79 Å². The molecule has 0 fully saturated rings. The molecule has 16 heavy (non-hydrogen) atoms. The van der Waals surface area contributed by atoms with Crippen LogP contribution in [0.1, 0.15) is 31.2 Å². The van der Waals surface area contributed by atoms with Crippen LogP contribution in [0.3, 0.4) is 0 Å². The Morgan fingerprint density at radius 2 is 2.19 bits per heavy atom. The first-order valence-corrected chi connectivity index (χ1v) is 5.48. The Balaban J connectivity index is 2.56. The summed E-state index contributed by atoms with van der Waals surface area (Å²) in [6, 6.07) is 3.82. The predicted molar refractivity (Wildman–Crippen MR) is 65.2 cm³/mol. The second-order valence-electron chi connectivity index (χ2n) is 4.15. The van der Waals surface area contributed by atoms with Crippen molar-refractivity contribution in [2.75, 3.05) is 5.32 Å². The van der Waals surface area contributed by atoms with Gasteiger partial charge in [-0.15, -0.1) is 0 Å². The van der Waals surface area contributed by atoms with E-state index in [-0.39, 0.29) is 11.9 Å². The number of rotatable bonds is 4. The van der Waals surface area contributed by atoms with Gasteiger partial charge in [0, 0.05) is 18.2 Å². The summed E-state index contributed by atoms with van der Waals surface area (Å²) in [7, 11) is 0. The maximum atomic E-state index is 11.6. The lowest BCUT2D eigenvalue weighted by atomic mass is 10.2. The van der Waals surface area contributed by atoms with Crippen LogP contribution in [0.4, 0.5) is 5.69 Å². The average Bonchev–Trinajstić information content (AvgIpc) is 2.19. The Morgan fingerprint density at radius 1 is 1.50 bits per heavy atom. The fourth-order valence-electron chi connectivity index (χ4n) is 1.39. The summed E-state index contributed by atoms with van der Waals surface area (Å²) in [5.41, 5.74) is 8.16. The third-order valence-corrected chi connectivity index (χ3v) is 2.33. The van der Waals surface area contributed by atoms with Gasteiger partial charge in [-0.1, -0.05) is 0 Å². The number of nitrogens with two attached hydrogens (primary N) is 1. The molecule has 0 saturated carbocycles. The standard InChI is InChI=1S/C12H19N3O/c1-8(13)4-7-12(16)15-11-6-5-9(2)14-10(11)3/h5-6,8H,4,7,13H2,1-3H3,(H,15,16). The van der Waals surface area contributed by atoms with E-state index in [0.29, 0.717) is 12.8 Å². The smallest absolute Gasteiger partial charge is 0.224 e. The first kappa shape index (κ1) is 12.6. The van der Waals surface area contributed by atoms with Crippen LogP contribution in [0.25, 0.3) is 0 Å². The Hall–Kier alpha value is -1.42. The topological polar surface area (TPSA) is 68.0 Å². The number of anilines is 1. The van der Waals surface area contributed by atoms with Crippen LogP contribution in [0, 0.1) is 13.8 Å². The molecule has 1 aromatic heterocycles. The van der Waals surface area contributed by atoms with Crippen molar-refractivity contribution in [2.45, 2.75) is 39.7 Å². The van der Waals surface area contributed by atoms with Crippen molar-refractivity contribution < 1.29 is 4.79 Å². The Kier molecular flexibility index (Phi) is 4.43. The van der Waals surface area contributed by atoms with Gasteiger partial charge in [0.2, 0.25) is 5.91 Å². The van der Waals surface area contributed by atoms with E-state index in [1.165, 1.54) is 0 Å². The highest BCUT2D eigenvalue weighted by Crippen LogP contribution is 2.13. The summed E-state index contributed by atoms with van der Waals surface area (Å²) < 4.78 is 0. The van der Waals surface area contributed by atoms with E-state index in [1.54, 1.807) is 0 Å². The summed E-state index contributed by atoms with van der Waals surface area (Å²) in [5, 5.41) is 2.84. The van der Waals surface area contributed by atoms with Crippen LogP contribution in [0.15, 0.2) is 12.1 Å². The zero-order chi connectivity index (χ0) is 12.1. The van der Waals surface area contributed by atoms with Crippen LogP contribution in [0.2, 0.25) is 0 Å². The van der Waals surface area contributed by atoms with Gasteiger partial charge >= 0.3 is 0 Å². The Bertz CT molecular complexity index is 375. The van der Waals surface area contributed by atoms with Gasteiger partial charge in [-0.2, -0.15) is 0 Å². The number of pyridine rings is 1. The molecule has 0 aliphatic carbocycles. The zero-order valence-corrected chi connectivity index (χ0v) is 10.1. The van der Waals surface area contributed by atoms with E-state index in [0.717, 1.165) is 17.1 Å². The highest BCUT2D eigenvalue weighted by molar-refractivity contribution is 5.91. The van der Waals surface area contributed by atoms with Crippen molar-refractivity contribution in [1.82, 2.24) is 4.98 Å². The summed E-state index contributed by atoms with van der Waals surface area (Å²) in [4.78, 5) is 15.8. The monoisotopic (exact) mass is 221 g/mol. The predicted octanol–water partition coefficient (Wildman–Crippen LogP) is 1.76. The lowest BCUT2D eigenvalue weighted by molar-refractivity contribution is -0.116. The minimum Gasteiger partial charge on any atom is -0.328 e. The zero-order valence-electron chi connectivity index (χ0n) is 10.1. The number of amides is 1. The summed E-state index contributed by atoms with van der Waals surface area (Å²) in [6.07, 6.45) is 1.15. The van der Waals surface area contributed by atoms with Gasteiger partial charge in [-0.25, -0.2) is 0 Å². The van der Waals surface area contributed by atoms with Gasteiger partial charge in [0.15, 0.2) is 0 Å². The number of nitrogens with zero attached hydrogens (tertiary/aromatic N) is 1. The van der Waals surface area contributed by atoms with Crippen molar-refractivity contribution >= 4 is 11.6 Å². The molecular weight excluding hydrogens is 202 g/mol. The lowest BCUT2D eigenvalue weighted by Crippen LogP contribution is -2.19. The van der Waals surface area contributed by atoms with Crippen molar-refractivity contribution in [3.63, 3.8) is 0 Å². The van der Waals surface area contributed by atoms with Gasteiger partial charge in [0.25, 0.3) is 0 Å².